The van der Waals surface area contributed by atoms with E-state index >= 15 is 0 Å². The number of amides is 1. The van der Waals surface area contributed by atoms with Crippen LogP contribution in [-0.4, -0.2) is 11.7 Å². The van der Waals surface area contributed by atoms with E-state index in [1.807, 2.05) is 5.43 Å². The number of nitrogens with one attached hydrogen (secondary N) is 3. The smallest absolute Gasteiger partial charge is 0.259 e. The standard InChI is InChI=1S/C21H16Cl2F2N4O2/c1-10-6-11(24)2-5-18(10)31-19-9-16(23)15(22)8-14(19)21(30)28-12-3-4-17(25)13(7-12)20(26)29-27/h2-9H,27H2,1H3,(H2,26,29)(H,28,30). The van der Waals surface area contributed by atoms with Crippen LogP contribution in [0.3, 0.4) is 0 Å². The highest BCUT2D eigenvalue weighted by molar-refractivity contribution is 6.42. The summed E-state index contributed by atoms with van der Waals surface area (Å²) < 4.78 is 33.1. The zero-order valence-corrected chi connectivity index (χ0v) is 17.5. The van der Waals surface area contributed by atoms with Crippen molar-refractivity contribution in [2.75, 3.05) is 5.32 Å². The van der Waals surface area contributed by atoms with E-state index in [4.69, 9.17) is 39.2 Å². The van der Waals surface area contributed by atoms with Crippen molar-refractivity contribution >= 4 is 40.6 Å². The second kappa shape index (κ2) is 9.30. The Labute approximate surface area is 186 Å². The van der Waals surface area contributed by atoms with Crippen LogP contribution in [0.15, 0.2) is 48.5 Å². The van der Waals surface area contributed by atoms with Crippen molar-refractivity contribution in [2.45, 2.75) is 6.92 Å². The van der Waals surface area contributed by atoms with Gasteiger partial charge in [-0.05, 0) is 55.0 Å². The molecule has 0 saturated carbocycles. The first-order chi connectivity index (χ1) is 14.7. The number of hydrogen-bond donors (Lipinski definition) is 4. The monoisotopic (exact) mass is 464 g/mol. The molecular weight excluding hydrogens is 449 g/mol. The summed E-state index contributed by atoms with van der Waals surface area (Å²) in [5.41, 5.74) is 2.66. The Balaban J connectivity index is 1.95. The molecule has 0 aliphatic rings. The van der Waals surface area contributed by atoms with Gasteiger partial charge in [-0.25, -0.2) is 14.6 Å². The molecule has 0 aromatic heterocycles. The van der Waals surface area contributed by atoms with Crippen LogP contribution in [0.25, 0.3) is 0 Å². The van der Waals surface area contributed by atoms with E-state index in [2.05, 4.69) is 5.32 Å². The SMILES string of the molecule is Cc1cc(F)ccc1Oc1cc(Cl)c(Cl)cc1C(=O)Nc1ccc(F)c(C(=N)NN)c1. The van der Waals surface area contributed by atoms with Gasteiger partial charge in [0.05, 0.1) is 21.2 Å². The highest BCUT2D eigenvalue weighted by Gasteiger charge is 2.19. The topological polar surface area (TPSA) is 100 Å². The van der Waals surface area contributed by atoms with Crippen molar-refractivity contribution in [3.8, 4) is 11.5 Å². The Kier molecular flexibility index (Phi) is 6.74. The summed E-state index contributed by atoms with van der Waals surface area (Å²) >= 11 is 12.2. The van der Waals surface area contributed by atoms with Crippen LogP contribution in [0.4, 0.5) is 14.5 Å². The van der Waals surface area contributed by atoms with Crippen molar-refractivity contribution in [1.29, 1.82) is 5.41 Å². The Morgan fingerprint density at radius 1 is 1.00 bits per heavy atom. The lowest BCUT2D eigenvalue weighted by atomic mass is 10.1. The molecule has 3 aromatic rings. The number of carbonyl (C=O) groups excluding carboxylic acids is 1. The number of benzene rings is 3. The number of hydrogen-bond acceptors (Lipinski definition) is 4. The minimum Gasteiger partial charge on any atom is -0.456 e. The molecule has 5 N–H and O–H groups in total. The van der Waals surface area contributed by atoms with Crippen LogP contribution < -0.4 is 21.3 Å². The highest BCUT2D eigenvalue weighted by Crippen LogP contribution is 2.35. The maximum absolute atomic E-state index is 13.9. The Bertz CT molecular complexity index is 1190. The highest BCUT2D eigenvalue weighted by atomic mass is 35.5. The third kappa shape index (κ3) is 5.11. The number of halogens is 4. The lowest BCUT2D eigenvalue weighted by Crippen LogP contribution is -2.30. The van der Waals surface area contributed by atoms with E-state index in [9.17, 15) is 13.6 Å². The molecule has 6 nitrogen and oxygen atoms in total. The molecule has 0 radical (unpaired) electrons. The van der Waals surface area contributed by atoms with Crippen molar-refractivity contribution in [3.63, 3.8) is 0 Å². The van der Waals surface area contributed by atoms with Gasteiger partial charge < -0.3 is 15.5 Å². The number of hydrazine groups is 1. The molecule has 0 spiro atoms. The van der Waals surface area contributed by atoms with Crippen LogP contribution >= 0.6 is 23.2 Å². The summed E-state index contributed by atoms with van der Waals surface area (Å²) in [5.74, 6) is 3.46. The van der Waals surface area contributed by atoms with Gasteiger partial charge in [-0.15, -0.1) is 0 Å². The molecule has 3 rings (SSSR count). The third-order valence-electron chi connectivity index (χ3n) is 4.26. The maximum atomic E-state index is 13.9. The molecule has 0 fully saturated rings. The van der Waals surface area contributed by atoms with Crippen molar-refractivity contribution in [3.05, 3.63) is 86.9 Å². The minimum absolute atomic E-state index is 0.0380. The van der Waals surface area contributed by atoms with Gasteiger partial charge in [0.15, 0.2) is 0 Å². The van der Waals surface area contributed by atoms with Crippen LogP contribution in [0.1, 0.15) is 21.5 Å². The normalized spacial score (nSPS) is 10.5. The summed E-state index contributed by atoms with van der Waals surface area (Å²) in [7, 11) is 0. The molecule has 160 valence electrons. The average molecular weight is 465 g/mol. The van der Waals surface area contributed by atoms with Crippen LogP contribution in [0.5, 0.6) is 11.5 Å². The predicted molar refractivity (Wildman–Crippen MR) is 116 cm³/mol. The molecule has 0 aliphatic carbocycles. The molecule has 1 amide bonds. The van der Waals surface area contributed by atoms with Gasteiger partial charge in [0, 0.05) is 11.8 Å². The summed E-state index contributed by atoms with van der Waals surface area (Å²) in [6.07, 6.45) is 0. The van der Waals surface area contributed by atoms with Crippen LogP contribution in [0, 0.1) is 24.0 Å². The lowest BCUT2D eigenvalue weighted by Gasteiger charge is -2.15. The van der Waals surface area contributed by atoms with Crippen LogP contribution in [0.2, 0.25) is 10.0 Å². The number of rotatable bonds is 5. The molecule has 0 atom stereocenters. The molecule has 0 heterocycles. The zero-order chi connectivity index (χ0) is 22.7. The first-order valence-electron chi connectivity index (χ1n) is 8.79. The van der Waals surface area contributed by atoms with Crippen molar-refractivity contribution < 1.29 is 18.3 Å². The van der Waals surface area contributed by atoms with Crippen molar-refractivity contribution in [2.24, 2.45) is 5.84 Å². The van der Waals surface area contributed by atoms with E-state index < -0.39 is 17.5 Å². The van der Waals surface area contributed by atoms with Gasteiger partial charge in [-0.3, -0.25) is 10.2 Å². The summed E-state index contributed by atoms with van der Waals surface area (Å²) in [5, 5.41) is 10.5. The summed E-state index contributed by atoms with van der Waals surface area (Å²) in [6.45, 7) is 1.65. The van der Waals surface area contributed by atoms with E-state index in [1.54, 1.807) is 6.92 Å². The van der Waals surface area contributed by atoms with Gasteiger partial charge in [-0.2, -0.15) is 0 Å². The second-order valence-corrected chi connectivity index (χ2v) is 7.26. The summed E-state index contributed by atoms with van der Waals surface area (Å²) in [4.78, 5) is 12.9. The third-order valence-corrected chi connectivity index (χ3v) is 4.98. The van der Waals surface area contributed by atoms with Gasteiger partial charge in [-0.1, -0.05) is 23.2 Å². The molecule has 3 aromatic carbocycles. The minimum atomic E-state index is -0.689. The van der Waals surface area contributed by atoms with E-state index in [0.717, 1.165) is 6.07 Å². The Hall–Kier alpha value is -3.20. The number of anilines is 1. The molecule has 0 unspecified atom stereocenters. The van der Waals surface area contributed by atoms with E-state index in [1.165, 1.54) is 42.5 Å². The largest absolute Gasteiger partial charge is 0.456 e. The van der Waals surface area contributed by atoms with Gasteiger partial charge >= 0.3 is 0 Å². The average Bonchev–Trinajstić information content (AvgIpc) is 2.73. The quantitative estimate of drug-likeness (QED) is 0.175. The van der Waals surface area contributed by atoms with E-state index in [0.29, 0.717) is 11.3 Å². The van der Waals surface area contributed by atoms with E-state index in [-0.39, 0.29) is 38.4 Å². The van der Waals surface area contributed by atoms with Gasteiger partial charge in [0.2, 0.25) is 0 Å². The summed E-state index contributed by atoms with van der Waals surface area (Å²) in [6, 6.07) is 10.3. The number of amidine groups is 1. The molecule has 10 heteroatoms. The number of ether oxygens (including phenoxy) is 1. The second-order valence-electron chi connectivity index (χ2n) is 6.44. The molecule has 0 saturated heterocycles. The molecule has 31 heavy (non-hydrogen) atoms. The number of nitrogens with two attached hydrogens (primary N) is 1. The van der Waals surface area contributed by atoms with Gasteiger partial charge in [0.1, 0.15) is 29.0 Å². The Morgan fingerprint density at radius 2 is 1.71 bits per heavy atom. The maximum Gasteiger partial charge on any atom is 0.259 e. The lowest BCUT2D eigenvalue weighted by molar-refractivity contribution is 0.102. The predicted octanol–water partition coefficient (Wildman–Crippen LogP) is 5.41. The number of carbonyl (C=O) groups is 1. The molecule has 0 aliphatic heterocycles. The van der Waals surface area contributed by atoms with Gasteiger partial charge in [0.25, 0.3) is 5.91 Å². The number of aryl methyl sites for hydroxylation is 1. The fraction of sp³-hybridized carbons (Fsp3) is 0.0476. The molecular formula is C21H16Cl2F2N4O2. The van der Waals surface area contributed by atoms with Crippen LogP contribution in [-0.2, 0) is 0 Å². The zero-order valence-electron chi connectivity index (χ0n) is 16.0. The Morgan fingerprint density at radius 3 is 2.39 bits per heavy atom. The first-order valence-corrected chi connectivity index (χ1v) is 9.54. The first kappa shape index (κ1) is 22.5. The fourth-order valence-electron chi connectivity index (χ4n) is 2.71. The molecule has 0 bridgehead atoms. The van der Waals surface area contributed by atoms with Crippen molar-refractivity contribution in [1.82, 2.24) is 5.43 Å². The fourth-order valence-corrected chi connectivity index (χ4v) is 3.02.